The summed E-state index contributed by atoms with van der Waals surface area (Å²) in [6, 6.07) is 0. The summed E-state index contributed by atoms with van der Waals surface area (Å²) >= 11 is 10.6. The molecule has 0 fully saturated rings. The average Bonchev–Trinajstić information content (AvgIpc) is 1.91. The van der Waals surface area contributed by atoms with Crippen molar-refractivity contribution in [1.82, 2.24) is 9.97 Å². The Hall–Kier alpha value is 0.530. The van der Waals surface area contributed by atoms with Gasteiger partial charge in [0, 0.05) is 10.3 Å². The topological polar surface area (TPSA) is 27.0 Å². The molecule has 0 aliphatic rings. The van der Waals surface area contributed by atoms with Gasteiger partial charge in [-0.05, 0) is 0 Å². The molecule has 0 saturated carbocycles. The van der Waals surface area contributed by atoms with E-state index < -0.39 is 0 Å². The molecule has 0 aliphatic heterocycles. The fourth-order valence-corrected chi connectivity index (χ4v) is 0.422. The van der Waals surface area contributed by atoms with Gasteiger partial charge in [0.15, 0.2) is 0 Å². The van der Waals surface area contributed by atoms with E-state index in [9.17, 15) is 0 Å². The van der Waals surface area contributed by atoms with Crippen molar-refractivity contribution in [1.29, 1.82) is 0 Å². The van der Waals surface area contributed by atoms with Crippen LogP contribution in [-0.4, -0.2) is 4.98 Å². The summed E-state index contributed by atoms with van der Waals surface area (Å²) in [4.78, 5) is 7.08. The molecule has 48 valence electrons. The van der Waals surface area contributed by atoms with E-state index in [1.54, 1.807) is 0 Å². The van der Waals surface area contributed by atoms with Gasteiger partial charge in [0.1, 0.15) is 0 Å². The summed E-state index contributed by atoms with van der Waals surface area (Å²) in [6.07, 6.45) is 1.31. The molecule has 0 amide bonds. The normalized spacial score (nSPS) is 8.25. The predicted octanol–water partition coefficient (Wildman–Crippen LogP) is 1.34. The molecule has 0 aliphatic carbocycles. The number of hydrogen-bond acceptors (Lipinski definition) is 1. The number of imidazole rings is 1. The first kappa shape index (κ1) is 8.53. The third-order valence-electron chi connectivity index (χ3n) is 0.512. The van der Waals surface area contributed by atoms with Crippen LogP contribution in [0.15, 0.2) is 6.33 Å². The first-order chi connectivity index (χ1) is 3.30. The molecule has 0 spiro atoms. The van der Waals surface area contributed by atoms with Crippen LogP contribution < -0.4 is 4.98 Å². The van der Waals surface area contributed by atoms with Gasteiger partial charge >= 0.3 is 22.4 Å². The molecule has 5 heteroatoms. The molecular formula is C3HAuCl2N2. The maximum absolute atomic E-state index is 5.32. The molecule has 0 unspecified atom stereocenters. The van der Waals surface area contributed by atoms with Crippen molar-refractivity contribution in [3.05, 3.63) is 16.6 Å². The molecule has 8 heavy (non-hydrogen) atoms. The van der Waals surface area contributed by atoms with Crippen LogP contribution in [0.2, 0.25) is 10.3 Å². The second-order valence-electron chi connectivity index (χ2n) is 0.955. The van der Waals surface area contributed by atoms with E-state index in [-0.39, 0.29) is 32.7 Å². The molecule has 0 bridgehead atoms. The van der Waals surface area contributed by atoms with Gasteiger partial charge in [-0.2, -0.15) is 0 Å². The third-order valence-corrected chi connectivity index (χ3v) is 1.16. The van der Waals surface area contributed by atoms with Crippen molar-refractivity contribution >= 4 is 23.2 Å². The Kier molecular flexibility index (Phi) is 3.77. The third kappa shape index (κ3) is 1.80. The zero-order valence-corrected chi connectivity index (χ0v) is 7.21. The number of rotatable bonds is 0. The Morgan fingerprint density at radius 1 is 1.50 bits per heavy atom. The molecule has 0 aromatic carbocycles. The van der Waals surface area contributed by atoms with Gasteiger partial charge in [-0.3, -0.25) is 0 Å². The smallest absolute Gasteiger partial charge is 0.432 e. The second-order valence-corrected chi connectivity index (χ2v) is 1.67. The second kappa shape index (κ2) is 3.54. The van der Waals surface area contributed by atoms with Gasteiger partial charge in [0.25, 0.3) is 0 Å². The molecule has 0 saturated heterocycles. The maximum atomic E-state index is 5.32. The number of aromatic nitrogens is 2. The van der Waals surface area contributed by atoms with Gasteiger partial charge in [-0.25, -0.2) is 0 Å². The summed E-state index contributed by atoms with van der Waals surface area (Å²) in [6.45, 7) is 0. The van der Waals surface area contributed by atoms with E-state index in [0.717, 1.165) is 0 Å². The first-order valence-electron chi connectivity index (χ1n) is 1.59. The van der Waals surface area contributed by atoms with E-state index >= 15 is 0 Å². The summed E-state index contributed by atoms with van der Waals surface area (Å²) in [7, 11) is 0. The largest absolute Gasteiger partial charge is 1.00 e. The molecule has 1 aromatic heterocycles. The van der Waals surface area contributed by atoms with Gasteiger partial charge in [-0.15, -0.1) is 0 Å². The Bertz CT molecular complexity index is 148. The molecular weight excluding hydrogens is 332 g/mol. The quantitative estimate of drug-likeness (QED) is 0.670. The van der Waals surface area contributed by atoms with Crippen molar-refractivity contribution in [2.75, 3.05) is 0 Å². The van der Waals surface area contributed by atoms with E-state index in [0.29, 0.717) is 0 Å². The van der Waals surface area contributed by atoms with Crippen molar-refractivity contribution in [3.63, 3.8) is 0 Å². The van der Waals surface area contributed by atoms with Crippen molar-refractivity contribution < 1.29 is 22.4 Å². The fourth-order valence-electron chi connectivity index (χ4n) is 0.237. The predicted molar refractivity (Wildman–Crippen MR) is 27.6 cm³/mol. The number of hydrogen-bond donors (Lipinski definition) is 0. The Balaban J connectivity index is 0.000000490. The van der Waals surface area contributed by atoms with Crippen LogP contribution in [0, 0.1) is 0 Å². The SMILES string of the molecule is Clc1nc[n-]c1Cl.[Au+]. The van der Waals surface area contributed by atoms with Gasteiger partial charge in [0.05, 0.1) is 0 Å². The van der Waals surface area contributed by atoms with Gasteiger partial charge in [0.2, 0.25) is 0 Å². The molecule has 2 nitrogen and oxygen atoms in total. The average molecular weight is 333 g/mol. The zero-order valence-electron chi connectivity index (χ0n) is 3.53. The van der Waals surface area contributed by atoms with Crippen molar-refractivity contribution in [3.8, 4) is 0 Å². The van der Waals surface area contributed by atoms with E-state index in [1.807, 2.05) is 0 Å². The molecule has 1 heterocycles. The molecule has 0 atom stereocenters. The molecule has 0 radical (unpaired) electrons. The zero-order chi connectivity index (χ0) is 5.28. The Morgan fingerprint density at radius 3 is 2.25 bits per heavy atom. The van der Waals surface area contributed by atoms with Crippen molar-refractivity contribution in [2.24, 2.45) is 0 Å². The standard InChI is InChI=1S/C3HCl2N2.Au/c4-2-3(5)7-1-6-2;/h1H;/q-1;+1. The van der Waals surface area contributed by atoms with Crippen LogP contribution in [0.1, 0.15) is 0 Å². The van der Waals surface area contributed by atoms with E-state index in [2.05, 4.69) is 9.97 Å². The maximum Gasteiger partial charge on any atom is 1.00 e. The van der Waals surface area contributed by atoms with Crippen molar-refractivity contribution in [2.45, 2.75) is 0 Å². The Morgan fingerprint density at radius 2 is 2.12 bits per heavy atom. The fraction of sp³-hybridized carbons (Fsp3) is 0. The summed E-state index contributed by atoms with van der Waals surface area (Å²) < 4.78 is 0. The minimum Gasteiger partial charge on any atom is -0.432 e. The minimum atomic E-state index is 0. The summed E-state index contributed by atoms with van der Waals surface area (Å²) in [5.74, 6) is 0. The minimum absolute atomic E-state index is 0. The molecule has 1 aromatic rings. The van der Waals surface area contributed by atoms with Gasteiger partial charge in [-0.1, -0.05) is 29.5 Å². The van der Waals surface area contributed by atoms with Crippen LogP contribution >= 0.6 is 23.2 Å². The van der Waals surface area contributed by atoms with Crippen LogP contribution in [0.5, 0.6) is 0 Å². The molecule has 0 N–H and O–H groups in total. The summed E-state index contributed by atoms with van der Waals surface area (Å²) in [5, 5.41) is 0.531. The van der Waals surface area contributed by atoms with Gasteiger partial charge < -0.3 is 9.97 Å². The summed E-state index contributed by atoms with van der Waals surface area (Å²) in [5.41, 5.74) is 0. The monoisotopic (exact) mass is 332 g/mol. The van der Waals surface area contributed by atoms with E-state index in [4.69, 9.17) is 23.2 Å². The first-order valence-corrected chi connectivity index (χ1v) is 2.35. The van der Waals surface area contributed by atoms with E-state index in [1.165, 1.54) is 6.33 Å². The number of nitrogens with zero attached hydrogens (tertiary/aromatic N) is 2. The Labute approximate surface area is 72.1 Å². The van der Waals surface area contributed by atoms with Crippen LogP contribution in [0.4, 0.5) is 0 Å². The van der Waals surface area contributed by atoms with Crippen LogP contribution in [0.3, 0.4) is 0 Å². The number of halogens is 2. The van der Waals surface area contributed by atoms with Crippen LogP contribution in [-0.2, 0) is 22.4 Å². The van der Waals surface area contributed by atoms with Crippen LogP contribution in [0.25, 0.3) is 0 Å². The molecule has 1 rings (SSSR count).